The summed E-state index contributed by atoms with van der Waals surface area (Å²) in [7, 11) is 3.37. The molecule has 230 valence electrons. The van der Waals surface area contributed by atoms with Crippen molar-refractivity contribution in [2.75, 3.05) is 53.4 Å². The van der Waals surface area contributed by atoms with Gasteiger partial charge in [-0.3, -0.25) is 4.79 Å². The maximum absolute atomic E-state index is 13.9. The van der Waals surface area contributed by atoms with Crippen molar-refractivity contribution in [2.24, 2.45) is 0 Å². The van der Waals surface area contributed by atoms with Gasteiger partial charge in [-0.15, -0.1) is 0 Å². The molecule has 42 heavy (non-hydrogen) atoms. The van der Waals surface area contributed by atoms with E-state index in [2.05, 4.69) is 4.90 Å². The number of likely N-dealkylation sites (N-methyl/N-ethyl adjacent to an activating group) is 2. The van der Waals surface area contributed by atoms with Gasteiger partial charge in [0.15, 0.2) is 0 Å². The third-order valence-corrected chi connectivity index (χ3v) is 8.29. The Morgan fingerprint density at radius 1 is 0.786 bits per heavy atom. The highest BCUT2D eigenvalue weighted by molar-refractivity contribution is 5.88. The van der Waals surface area contributed by atoms with Crippen LogP contribution in [0.4, 0.5) is 35.5 Å². The highest BCUT2D eigenvalue weighted by atomic mass is 19.4. The molecule has 13 heteroatoms. The molecule has 1 unspecified atom stereocenters. The van der Waals surface area contributed by atoms with Gasteiger partial charge in [-0.05, 0) is 62.4 Å². The van der Waals surface area contributed by atoms with Gasteiger partial charge >= 0.3 is 18.4 Å². The number of halogens is 7. The Kier molecular flexibility index (Phi) is 8.56. The maximum atomic E-state index is 13.9. The highest BCUT2D eigenvalue weighted by Gasteiger charge is 2.46. The fourth-order valence-corrected chi connectivity index (χ4v) is 5.60. The van der Waals surface area contributed by atoms with Crippen LogP contribution in [-0.4, -0.2) is 90.9 Å². The quantitative estimate of drug-likeness (QED) is 0.439. The molecule has 0 spiro atoms. The molecule has 3 amide bonds. The molecular weight excluding hydrogens is 569 g/mol. The van der Waals surface area contributed by atoms with E-state index in [4.69, 9.17) is 0 Å². The number of carbonyl (C=O) groups is 2. The standard InChI is InChI=1S/C29H33F7N4O2/c1-27(2,19-13-20(28(31,32)33)15-21(14-19)29(34,35)36)25(41)38(4)24-17-40(26(42)39-11-9-37(3)10-12-39)16-23(24)18-5-7-22(30)8-6-18/h5-8,13-15,23-24H,9-12,16-17H2,1-4H3/t23?,24-/m1/s1. The first-order valence-corrected chi connectivity index (χ1v) is 13.4. The largest absolute Gasteiger partial charge is 0.416 e. The molecule has 4 rings (SSSR count). The molecule has 0 aromatic heterocycles. The minimum atomic E-state index is -5.07. The Labute approximate surface area is 239 Å². The van der Waals surface area contributed by atoms with Gasteiger partial charge in [0.2, 0.25) is 5.91 Å². The van der Waals surface area contributed by atoms with Crippen LogP contribution in [0, 0.1) is 5.82 Å². The maximum Gasteiger partial charge on any atom is 0.416 e. The number of hydrogen-bond donors (Lipinski definition) is 0. The van der Waals surface area contributed by atoms with E-state index in [0.717, 1.165) is 0 Å². The van der Waals surface area contributed by atoms with E-state index < -0.39 is 58.1 Å². The van der Waals surface area contributed by atoms with Crippen LogP contribution in [0.1, 0.15) is 42.0 Å². The van der Waals surface area contributed by atoms with Crippen LogP contribution in [0.5, 0.6) is 0 Å². The molecule has 2 fully saturated rings. The second kappa shape index (κ2) is 11.4. The van der Waals surface area contributed by atoms with Gasteiger partial charge < -0.3 is 19.6 Å². The van der Waals surface area contributed by atoms with Crippen LogP contribution < -0.4 is 0 Å². The van der Waals surface area contributed by atoms with E-state index in [1.165, 1.54) is 37.9 Å². The topological polar surface area (TPSA) is 47.1 Å². The number of piperazine rings is 1. The van der Waals surface area contributed by atoms with Gasteiger partial charge in [0.25, 0.3) is 0 Å². The van der Waals surface area contributed by atoms with Crippen molar-refractivity contribution in [3.05, 3.63) is 70.5 Å². The summed E-state index contributed by atoms with van der Waals surface area (Å²) in [5, 5.41) is 0. The number of urea groups is 1. The average molecular weight is 603 g/mol. The Bertz CT molecular complexity index is 1270. The fraction of sp³-hybridized carbons (Fsp3) is 0.517. The van der Waals surface area contributed by atoms with Gasteiger partial charge in [0, 0.05) is 52.2 Å². The van der Waals surface area contributed by atoms with Gasteiger partial charge in [-0.1, -0.05) is 12.1 Å². The minimum absolute atomic E-state index is 0.0250. The number of rotatable bonds is 4. The van der Waals surface area contributed by atoms with E-state index >= 15 is 0 Å². The van der Waals surface area contributed by atoms with Crippen LogP contribution in [-0.2, 0) is 22.6 Å². The molecule has 0 N–H and O–H groups in total. The summed E-state index contributed by atoms with van der Waals surface area (Å²) < 4.78 is 95.1. The third kappa shape index (κ3) is 6.50. The van der Waals surface area contributed by atoms with E-state index in [1.807, 2.05) is 7.05 Å². The molecule has 2 aromatic rings. The van der Waals surface area contributed by atoms with E-state index in [9.17, 15) is 40.3 Å². The molecule has 2 aliphatic rings. The Hall–Kier alpha value is -3.35. The number of amides is 3. The Balaban J connectivity index is 1.67. The zero-order valence-corrected chi connectivity index (χ0v) is 23.7. The van der Waals surface area contributed by atoms with Crippen LogP contribution >= 0.6 is 0 Å². The highest BCUT2D eigenvalue weighted by Crippen LogP contribution is 2.40. The number of benzene rings is 2. The fourth-order valence-electron chi connectivity index (χ4n) is 5.60. The van der Waals surface area contributed by atoms with Crippen LogP contribution in [0.3, 0.4) is 0 Å². The summed E-state index contributed by atoms with van der Waals surface area (Å²) in [5.41, 5.74) is -4.61. The van der Waals surface area contributed by atoms with E-state index in [0.29, 0.717) is 43.9 Å². The smallest absolute Gasteiger partial charge is 0.340 e. The monoisotopic (exact) mass is 602 g/mol. The first-order valence-electron chi connectivity index (χ1n) is 13.4. The predicted octanol–water partition coefficient (Wildman–Crippen LogP) is 5.43. The lowest BCUT2D eigenvalue weighted by molar-refractivity contribution is -0.144. The lowest BCUT2D eigenvalue weighted by Gasteiger charge is -2.36. The summed E-state index contributed by atoms with van der Waals surface area (Å²) in [6, 6.07) is 5.85. The van der Waals surface area contributed by atoms with Gasteiger partial charge in [-0.25, -0.2) is 9.18 Å². The zero-order chi connectivity index (χ0) is 31.2. The van der Waals surface area contributed by atoms with E-state index in [1.54, 1.807) is 21.9 Å². The van der Waals surface area contributed by atoms with Crippen LogP contribution in [0.2, 0.25) is 0 Å². The molecule has 2 atom stereocenters. The number of likely N-dealkylation sites (tertiary alicyclic amines) is 1. The molecule has 2 heterocycles. The summed E-state index contributed by atoms with van der Waals surface area (Å²) in [4.78, 5) is 34.0. The van der Waals surface area contributed by atoms with Crippen molar-refractivity contribution in [2.45, 2.75) is 43.6 Å². The molecule has 2 aliphatic heterocycles. The zero-order valence-electron chi connectivity index (χ0n) is 23.7. The molecule has 0 radical (unpaired) electrons. The number of hydrogen-bond acceptors (Lipinski definition) is 3. The lowest BCUT2D eigenvalue weighted by atomic mass is 9.80. The summed E-state index contributed by atoms with van der Waals surface area (Å²) in [6.07, 6.45) is -10.1. The Morgan fingerprint density at radius 2 is 1.29 bits per heavy atom. The Morgan fingerprint density at radius 3 is 1.79 bits per heavy atom. The van der Waals surface area contributed by atoms with Crippen molar-refractivity contribution in [3.63, 3.8) is 0 Å². The van der Waals surface area contributed by atoms with Crippen LogP contribution in [0.25, 0.3) is 0 Å². The first kappa shape index (κ1) is 31.6. The molecule has 6 nitrogen and oxygen atoms in total. The summed E-state index contributed by atoms with van der Waals surface area (Å²) in [6.45, 7) is 5.23. The summed E-state index contributed by atoms with van der Waals surface area (Å²) >= 11 is 0. The minimum Gasteiger partial charge on any atom is -0.340 e. The normalized spacial score (nSPS) is 20.6. The van der Waals surface area contributed by atoms with Crippen molar-refractivity contribution >= 4 is 11.9 Å². The van der Waals surface area contributed by atoms with Gasteiger partial charge in [0.05, 0.1) is 22.6 Å². The summed E-state index contributed by atoms with van der Waals surface area (Å²) in [5.74, 6) is -1.67. The number of carbonyl (C=O) groups excluding carboxylic acids is 2. The van der Waals surface area contributed by atoms with Crippen molar-refractivity contribution < 1.29 is 40.3 Å². The number of alkyl halides is 6. The second-order valence-corrected chi connectivity index (χ2v) is 11.5. The lowest BCUT2D eigenvalue weighted by Crippen LogP contribution is -2.52. The molecular formula is C29H33F7N4O2. The van der Waals surface area contributed by atoms with Crippen LogP contribution in [0.15, 0.2) is 42.5 Å². The van der Waals surface area contributed by atoms with E-state index in [-0.39, 0.29) is 25.2 Å². The van der Waals surface area contributed by atoms with Crippen molar-refractivity contribution in [1.82, 2.24) is 19.6 Å². The SMILES string of the molecule is CN1CCN(C(=O)N2CC(c3ccc(F)cc3)[C@H](N(C)C(=O)C(C)(C)c3cc(C(F)(F)F)cc(C(F)(F)F)c3)C2)CC1. The molecule has 2 aromatic carbocycles. The molecule has 0 bridgehead atoms. The number of nitrogens with zero attached hydrogens (tertiary/aromatic N) is 4. The van der Waals surface area contributed by atoms with Crippen molar-refractivity contribution in [1.29, 1.82) is 0 Å². The molecule has 0 aliphatic carbocycles. The first-order chi connectivity index (χ1) is 19.4. The average Bonchev–Trinajstić information content (AvgIpc) is 3.37. The third-order valence-electron chi connectivity index (χ3n) is 8.29. The van der Waals surface area contributed by atoms with Gasteiger partial charge in [-0.2, -0.15) is 26.3 Å². The molecule has 2 saturated heterocycles. The van der Waals surface area contributed by atoms with Gasteiger partial charge in [0.1, 0.15) is 5.82 Å². The predicted molar refractivity (Wildman–Crippen MR) is 141 cm³/mol. The second-order valence-electron chi connectivity index (χ2n) is 11.5. The molecule has 0 saturated carbocycles. The van der Waals surface area contributed by atoms with Crippen molar-refractivity contribution in [3.8, 4) is 0 Å².